The van der Waals surface area contributed by atoms with Crippen LogP contribution >= 0.6 is 23.4 Å². The normalized spacial score (nSPS) is 22.8. The fraction of sp³-hybridized carbons (Fsp3) is 0.250. The van der Waals surface area contributed by atoms with Crippen LogP contribution in [0.4, 0.5) is 0 Å². The summed E-state index contributed by atoms with van der Waals surface area (Å²) in [6.45, 7) is 4.31. The third-order valence-electron chi connectivity index (χ3n) is 2.83. The van der Waals surface area contributed by atoms with Gasteiger partial charge in [0.2, 0.25) is 0 Å². The molecule has 1 aromatic carbocycles. The van der Waals surface area contributed by atoms with E-state index in [2.05, 4.69) is 22.7 Å². The number of nitrogens with one attached hydrogen (secondary N) is 3. The number of carbonyl (C=O) groups excluding carboxylic acids is 1. The van der Waals surface area contributed by atoms with Crippen LogP contribution in [0, 0.1) is 0 Å². The quantitative estimate of drug-likeness (QED) is 0.471. The van der Waals surface area contributed by atoms with Crippen molar-refractivity contribution in [3.05, 3.63) is 47.1 Å². The molecule has 1 amide bonds. The largest absolute Gasteiger partial charge is 0.310 e. The van der Waals surface area contributed by atoms with Crippen LogP contribution in [0.25, 0.3) is 0 Å². The summed E-state index contributed by atoms with van der Waals surface area (Å²) in [6.07, 6.45) is 1.92. The molecule has 1 atom stereocenters. The lowest BCUT2D eigenvalue weighted by molar-refractivity contribution is -0.728. The molecule has 1 fully saturated rings. The number of amides is 1. The van der Waals surface area contributed by atoms with Gasteiger partial charge >= 0.3 is 0 Å². The number of halogens is 1. The van der Waals surface area contributed by atoms with Crippen molar-refractivity contribution in [1.82, 2.24) is 16.2 Å². The van der Waals surface area contributed by atoms with Crippen molar-refractivity contribution in [1.29, 1.82) is 0 Å². The second-order valence-corrected chi connectivity index (χ2v) is 5.65. The maximum Gasteiger partial charge on any atom is 0.297 e. The van der Waals surface area contributed by atoms with Gasteiger partial charge in [-0.2, -0.15) is 5.43 Å². The smallest absolute Gasteiger partial charge is 0.297 e. The number of benzene rings is 1. The highest BCUT2D eigenvalue weighted by atomic mass is 35.5. The van der Waals surface area contributed by atoms with Gasteiger partial charge in [-0.05, 0) is 18.4 Å². The highest BCUT2D eigenvalue weighted by Gasteiger charge is 2.39. The first-order valence-corrected chi connectivity index (χ1v) is 7.33. The Labute approximate surface area is 121 Å². The van der Waals surface area contributed by atoms with Crippen molar-refractivity contribution in [3.8, 4) is 0 Å². The van der Waals surface area contributed by atoms with E-state index in [0.29, 0.717) is 17.3 Å². The number of hydrazine groups is 1. The van der Waals surface area contributed by atoms with Gasteiger partial charge in [0.1, 0.15) is 12.2 Å². The minimum absolute atomic E-state index is 0.208. The zero-order valence-electron chi connectivity index (χ0n) is 10.5. The molecule has 1 aromatic rings. The van der Waals surface area contributed by atoms with Crippen molar-refractivity contribution in [2.24, 2.45) is 0 Å². The topological polar surface area (TPSA) is 69.8 Å². The number of thioether (sulfide) groups is 1. The molecule has 0 bridgehead atoms. The van der Waals surface area contributed by atoms with Gasteiger partial charge in [0.05, 0.1) is 0 Å². The molecule has 0 aliphatic carbocycles. The first-order chi connectivity index (χ1) is 9.04. The average molecular weight is 300 g/mol. The van der Waals surface area contributed by atoms with E-state index in [1.807, 2.05) is 35.8 Å². The molecule has 1 aliphatic heterocycles. The van der Waals surface area contributed by atoms with E-state index in [1.54, 1.807) is 0 Å². The van der Waals surface area contributed by atoms with E-state index in [9.17, 15) is 4.79 Å². The summed E-state index contributed by atoms with van der Waals surface area (Å²) in [5.74, 6) is -0.208. The average Bonchev–Trinajstić information content (AvgIpc) is 2.42. The molecule has 19 heavy (non-hydrogen) atoms. The lowest BCUT2D eigenvalue weighted by Crippen LogP contribution is -3.04. The molecule has 1 heterocycles. The van der Waals surface area contributed by atoms with E-state index in [4.69, 9.17) is 11.6 Å². The van der Waals surface area contributed by atoms with Crippen molar-refractivity contribution in [3.63, 3.8) is 0 Å². The van der Waals surface area contributed by atoms with Crippen LogP contribution in [0.2, 0.25) is 5.02 Å². The molecule has 1 saturated heterocycles. The van der Waals surface area contributed by atoms with Gasteiger partial charge in [0.15, 0.2) is 0 Å². The van der Waals surface area contributed by atoms with Gasteiger partial charge in [-0.15, -0.1) is 0 Å². The van der Waals surface area contributed by atoms with Gasteiger partial charge in [0, 0.05) is 10.6 Å². The Morgan fingerprint density at radius 3 is 2.68 bits per heavy atom. The molecule has 5 nitrogen and oxygen atoms in total. The summed E-state index contributed by atoms with van der Waals surface area (Å²) in [5.41, 5.74) is 7.27. The Balaban J connectivity index is 2.01. The Morgan fingerprint density at radius 1 is 1.42 bits per heavy atom. The van der Waals surface area contributed by atoms with E-state index >= 15 is 0 Å². The Hall–Kier alpha value is -1.21. The second-order valence-electron chi connectivity index (χ2n) is 4.16. The third-order valence-corrected chi connectivity index (χ3v) is 4.10. The van der Waals surface area contributed by atoms with E-state index in [-0.39, 0.29) is 5.91 Å². The van der Waals surface area contributed by atoms with Crippen LogP contribution in [0.1, 0.15) is 5.56 Å². The summed E-state index contributed by atoms with van der Waals surface area (Å²) < 4.78 is 0. The summed E-state index contributed by atoms with van der Waals surface area (Å²) in [4.78, 5) is 11.7. The minimum Gasteiger partial charge on any atom is -0.310 e. The molecular formula is C12H16ClN4OS+. The zero-order chi connectivity index (χ0) is 13.9. The maximum absolute atomic E-state index is 11.7. The van der Waals surface area contributed by atoms with Crippen molar-refractivity contribution in [2.45, 2.75) is 11.7 Å². The van der Waals surface area contributed by atoms with Gasteiger partial charge in [-0.1, -0.05) is 42.1 Å². The van der Waals surface area contributed by atoms with Gasteiger partial charge in [-0.3, -0.25) is 15.4 Å². The number of carbonyl (C=O) groups is 1. The fourth-order valence-electron chi connectivity index (χ4n) is 1.67. The van der Waals surface area contributed by atoms with Crippen LogP contribution in [0.5, 0.6) is 0 Å². The second kappa shape index (κ2) is 5.83. The molecule has 2 rings (SSSR count). The van der Waals surface area contributed by atoms with Gasteiger partial charge in [-0.25, -0.2) is 0 Å². The van der Waals surface area contributed by atoms with Crippen LogP contribution in [0.15, 0.2) is 36.5 Å². The van der Waals surface area contributed by atoms with Crippen LogP contribution in [0.3, 0.4) is 0 Å². The van der Waals surface area contributed by atoms with Crippen molar-refractivity contribution < 1.29 is 10.1 Å². The van der Waals surface area contributed by atoms with Crippen LogP contribution in [-0.2, 0) is 11.3 Å². The Kier molecular flexibility index (Phi) is 4.36. The lowest BCUT2D eigenvalue weighted by atomic mass is 10.2. The zero-order valence-corrected chi connectivity index (χ0v) is 12.1. The molecule has 1 unspecified atom stereocenters. The lowest BCUT2D eigenvalue weighted by Gasteiger charge is -2.35. The van der Waals surface area contributed by atoms with Crippen LogP contribution in [-0.4, -0.2) is 17.3 Å². The molecule has 0 saturated carbocycles. The molecule has 5 N–H and O–H groups in total. The van der Waals surface area contributed by atoms with Crippen molar-refractivity contribution >= 4 is 29.3 Å². The number of hydrogen-bond acceptors (Lipinski definition) is 4. The summed E-state index contributed by atoms with van der Waals surface area (Å²) >= 11 is 7.34. The minimum atomic E-state index is -0.641. The number of hydrogen-bond donors (Lipinski definition) is 4. The highest BCUT2D eigenvalue weighted by Crippen LogP contribution is 2.12. The maximum atomic E-state index is 11.7. The van der Waals surface area contributed by atoms with Gasteiger partial charge < -0.3 is 5.43 Å². The fourth-order valence-corrected chi connectivity index (χ4v) is 2.39. The molecule has 102 valence electrons. The number of quaternary nitrogens is 1. The number of nitrogens with two attached hydrogens (primary N) is 1. The van der Waals surface area contributed by atoms with E-state index in [0.717, 1.165) is 5.56 Å². The number of rotatable bonds is 4. The predicted molar refractivity (Wildman–Crippen MR) is 76.9 cm³/mol. The molecule has 0 aromatic heterocycles. The summed E-state index contributed by atoms with van der Waals surface area (Å²) in [7, 11) is 0. The summed E-state index contributed by atoms with van der Waals surface area (Å²) in [5, 5.41) is 4.95. The van der Waals surface area contributed by atoms with Crippen LogP contribution < -0.4 is 21.5 Å². The molecule has 1 aliphatic rings. The molecule has 0 radical (unpaired) electrons. The van der Waals surface area contributed by atoms with Gasteiger partial charge in [0.25, 0.3) is 11.0 Å². The Morgan fingerprint density at radius 2 is 2.11 bits per heavy atom. The first kappa shape index (κ1) is 14.2. The van der Waals surface area contributed by atoms with E-state index < -0.39 is 5.12 Å². The summed E-state index contributed by atoms with van der Waals surface area (Å²) in [6, 6.07) is 7.63. The Bertz CT molecular complexity index is 493. The molecule has 0 spiro atoms. The standard InChI is InChI=1S/C12H15ClN4OS/c1-8-11(18)15-12(19-2,17-16-8)14-7-9-3-5-10(13)6-4-9/h3-6,14,16-17H,1,7H2,2H3,(H,15,18)/p+1. The van der Waals surface area contributed by atoms with E-state index in [1.165, 1.54) is 11.8 Å². The molecular weight excluding hydrogens is 284 g/mol. The first-order valence-electron chi connectivity index (χ1n) is 5.73. The monoisotopic (exact) mass is 299 g/mol. The SMILES string of the molecule is C=C1NNC([NH2+]Cc2ccc(Cl)cc2)(SC)NC1=O. The predicted octanol–water partition coefficient (Wildman–Crippen LogP) is 0.115. The third kappa shape index (κ3) is 3.42. The van der Waals surface area contributed by atoms with Crippen molar-refractivity contribution in [2.75, 3.05) is 6.26 Å². The molecule has 7 heteroatoms. The highest BCUT2D eigenvalue weighted by molar-refractivity contribution is 7.99.